The summed E-state index contributed by atoms with van der Waals surface area (Å²) in [7, 11) is 0. The van der Waals surface area contributed by atoms with Gasteiger partial charge in [-0.2, -0.15) is 0 Å². The molecule has 4 heterocycles. The number of aromatic hydroxyl groups is 2. The number of aromatic nitrogens is 4. The van der Waals surface area contributed by atoms with Gasteiger partial charge >= 0.3 is 0 Å². The molecule has 1 amide bonds. The highest BCUT2D eigenvalue weighted by Crippen LogP contribution is 2.45. The molecule has 0 radical (unpaired) electrons. The van der Waals surface area contributed by atoms with Crippen LogP contribution in [0.1, 0.15) is 71.2 Å². The summed E-state index contributed by atoms with van der Waals surface area (Å²) in [6, 6.07) is 15.2. The fourth-order valence-electron chi connectivity index (χ4n) is 7.39. The summed E-state index contributed by atoms with van der Waals surface area (Å²) in [5, 5.41) is 32.0. The summed E-state index contributed by atoms with van der Waals surface area (Å²) in [4.78, 5) is 25.3. The van der Waals surface area contributed by atoms with Crippen molar-refractivity contribution < 1.29 is 34.6 Å². The number of anilines is 2. The summed E-state index contributed by atoms with van der Waals surface area (Å²) in [6.07, 6.45) is 13.5. The minimum atomic E-state index is -0.976. The van der Waals surface area contributed by atoms with Crippen LogP contribution in [-0.2, 0) is 22.5 Å². The van der Waals surface area contributed by atoms with Crippen molar-refractivity contribution in [2.24, 2.45) is 0 Å². The molecule has 4 aromatic carbocycles. The lowest BCUT2D eigenvalue weighted by atomic mass is 9.86. The monoisotopic (exact) mass is 802 g/mol. The smallest absolute Gasteiger partial charge is 0.268 e. The number of carbonyl (C=O) groups is 1. The number of hydrogen-bond donors (Lipinski definition) is 5. The van der Waals surface area contributed by atoms with Gasteiger partial charge in [-0.05, 0) is 157 Å². The van der Waals surface area contributed by atoms with E-state index in [0.717, 1.165) is 85.9 Å². The first kappa shape index (κ1) is 42.3. The van der Waals surface area contributed by atoms with Crippen molar-refractivity contribution in [3.63, 3.8) is 0 Å². The van der Waals surface area contributed by atoms with Crippen LogP contribution in [0.2, 0.25) is 0 Å². The number of fused-ring (bicyclic) bond motifs is 2. The largest absolute Gasteiger partial charge is 0.507 e. The molecular weight excluding hydrogens is 749 g/mol. The fourth-order valence-corrected chi connectivity index (χ4v) is 7.39. The quantitative estimate of drug-likeness (QED) is 0.0622. The van der Waals surface area contributed by atoms with Crippen LogP contribution < -0.4 is 20.5 Å². The highest BCUT2D eigenvalue weighted by molar-refractivity contribution is 5.97. The Hall–Kier alpha value is -6.31. The number of nitrogen functional groups attached to an aromatic ring is 1. The van der Waals surface area contributed by atoms with E-state index >= 15 is 0 Å². The minimum absolute atomic E-state index is 0.144. The Labute approximate surface area is 345 Å². The van der Waals surface area contributed by atoms with E-state index in [9.17, 15) is 15.0 Å². The number of benzene rings is 4. The second-order valence-corrected chi connectivity index (χ2v) is 15.8. The van der Waals surface area contributed by atoms with E-state index in [2.05, 4.69) is 20.2 Å². The van der Waals surface area contributed by atoms with Gasteiger partial charge in [0.05, 0.1) is 12.7 Å². The molecule has 8 rings (SSSR count). The first-order valence-corrected chi connectivity index (χ1v) is 19.6. The summed E-state index contributed by atoms with van der Waals surface area (Å²) in [5.41, 5.74) is 14.8. The van der Waals surface area contributed by atoms with Gasteiger partial charge in [-0.25, -0.2) is 14.9 Å². The molecule has 0 fully saturated rings. The predicted octanol–water partition coefficient (Wildman–Crippen LogP) is 8.57. The van der Waals surface area contributed by atoms with Gasteiger partial charge in [-0.15, -0.1) is 0 Å². The second-order valence-electron chi connectivity index (χ2n) is 15.8. The van der Waals surface area contributed by atoms with E-state index < -0.39 is 11.2 Å². The molecule has 2 atom stereocenters. The third-order valence-electron chi connectivity index (χ3n) is 11.6. The number of phenols is 2. The zero-order valence-electron chi connectivity index (χ0n) is 35.0. The van der Waals surface area contributed by atoms with Crippen molar-refractivity contribution in [2.45, 2.75) is 92.3 Å². The van der Waals surface area contributed by atoms with E-state index in [4.69, 9.17) is 20.5 Å². The highest BCUT2D eigenvalue weighted by atomic mass is 17.1. The Balaban J connectivity index is 0.000000165. The van der Waals surface area contributed by atoms with Gasteiger partial charge in [0.25, 0.3) is 5.91 Å². The number of nitrogens with two attached hydrogens (primary N) is 1. The number of hydrogen-bond acceptors (Lipinski definition) is 10. The zero-order valence-corrected chi connectivity index (χ0v) is 35.0. The SMILES string of the molecule is Cc1c(C)c2c(c(C)c1O)CCC(C)(C(=O)Nc1ccc(-n3ccnc3)cc1)O2.Cc1c(C)c2c(c(C)c1O)CCC(C)(COO)O2.Nc1ccc(-n2ccnc2)cc1. The first-order chi connectivity index (χ1) is 28.1. The fraction of sp³-hybridized carbons (Fsp3) is 0.326. The van der Waals surface area contributed by atoms with Gasteiger partial charge in [0.15, 0.2) is 5.60 Å². The number of amides is 1. The molecule has 2 unspecified atom stereocenters. The molecule has 0 aliphatic carbocycles. The summed E-state index contributed by atoms with van der Waals surface area (Å²) in [5.74, 6) is 2.04. The number of rotatable bonds is 6. The Bertz CT molecular complexity index is 2410. The summed E-state index contributed by atoms with van der Waals surface area (Å²) in [6.45, 7) is 15.3. The average Bonchev–Trinajstić information content (AvgIpc) is 3.98. The number of nitrogens with zero attached hydrogens (tertiary/aromatic N) is 4. The van der Waals surface area contributed by atoms with Crippen LogP contribution in [0.5, 0.6) is 23.0 Å². The molecule has 0 saturated heterocycles. The molecule has 13 heteroatoms. The molecule has 13 nitrogen and oxygen atoms in total. The normalized spacial score (nSPS) is 17.8. The summed E-state index contributed by atoms with van der Waals surface area (Å²) >= 11 is 0. The van der Waals surface area contributed by atoms with Gasteiger partial charge in [-0.1, -0.05) is 0 Å². The van der Waals surface area contributed by atoms with Crippen LogP contribution in [0.3, 0.4) is 0 Å². The Kier molecular flexibility index (Phi) is 12.4. The second kappa shape index (κ2) is 17.3. The molecule has 0 saturated carbocycles. The van der Waals surface area contributed by atoms with E-state index in [1.165, 1.54) is 0 Å². The van der Waals surface area contributed by atoms with E-state index in [1.54, 1.807) is 25.0 Å². The third-order valence-corrected chi connectivity index (χ3v) is 11.6. The van der Waals surface area contributed by atoms with Crippen LogP contribution in [-0.4, -0.2) is 58.3 Å². The van der Waals surface area contributed by atoms with E-state index in [1.807, 2.05) is 125 Å². The van der Waals surface area contributed by atoms with E-state index in [-0.39, 0.29) is 12.5 Å². The van der Waals surface area contributed by atoms with Crippen molar-refractivity contribution in [2.75, 3.05) is 17.7 Å². The maximum absolute atomic E-state index is 13.1. The zero-order chi connectivity index (χ0) is 42.6. The lowest BCUT2D eigenvalue weighted by molar-refractivity contribution is -0.268. The number of phenolic OH excluding ortho intramolecular Hbond substituents is 2. The van der Waals surface area contributed by atoms with Crippen LogP contribution in [0.4, 0.5) is 11.4 Å². The predicted molar refractivity (Wildman–Crippen MR) is 228 cm³/mol. The van der Waals surface area contributed by atoms with Crippen molar-refractivity contribution in [1.29, 1.82) is 0 Å². The topological polar surface area (TPSA) is 179 Å². The maximum atomic E-state index is 13.1. The van der Waals surface area contributed by atoms with Crippen molar-refractivity contribution in [1.82, 2.24) is 19.1 Å². The standard InChI is InChI=1S/C23H25N3O3.C14H20O4.C9H9N3/c1-14-15(2)21-19(16(3)20(14)27)9-10-23(4,29-21)22(28)25-17-5-7-18(8-6-17)26-12-11-24-13-26;1-8-9(2)13-11(10(3)12(8)15)5-6-14(4,18-13)7-17-16;10-8-1-3-9(4-2-8)12-6-5-11-7-12/h5-8,11-13,27H,9-10H2,1-4H3,(H,25,28);15-16H,5-7H2,1-4H3;1-7H,10H2. The molecule has 0 bridgehead atoms. The van der Waals surface area contributed by atoms with Crippen molar-refractivity contribution >= 4 is 17.3 Å². The van der Waals surface area contributed by atoms with Gasteiger partial charge < -0.3 is 39.9 Å². The molecule has 2 aliphatic heterocycles. The number of nitrogens with one attached hydrogen (secondary N) is 1. The third kappa shape index (κ3) is 8.91. The number of imidazole rings is 2. The highest BCUT2D eigenvalue weighted by Gasteiger charge is 2.41. The molecule has 6 aromatic rings. The maximum Gasteiger partial charge on any atom is 0.268 e. The van der Waals surface area contributed by atoms with E-state index in [0.29, 0.717) is 30.0 Å². The lowest BCUT2D eigenvalue weighted by Crippen LogP contribution is -2.48. The summed E-state index contributed by atoms with van der Waals surface area (Å²) < 4.78 is 16.1. The molecule has 2 aromatic heterocycles. The van der Waals surface area contributed by atoms with Crippen LogP contribution >= 0.6 is 0 Å². The van der Waals surface area contributed by atoms with Gasteiger partial charge in [0.1, 0.15) is 35.2 Å². The van der Waals surface area contributed by atoms with Gasteiger partial charge in [0, 0.05) is 65.1 Å². The van der Waals surface area contributed by atoms with Gasteiger partial charge in [-0.3, -0.25) is 10.1 Å². The average molecular weight is 803 g/mol. The molecule has 0 spiro atoms. The van der Waals surface area contributed by atoms with Crippen molar-refractivity contribution in [3.05, 3.63) is 130 Å². The van der Waals surface area contributed by atoms with Gasteiger partial charge in [0.2, 0.25) is 0 Å². The minimum Gasteiger partial charge on any atom is -0.507 e. The molecule has 59 heavy (non-hydrogen) atoms. The van der Waals surface area contributed by atoms with Crippen molar-refractivity contribution in [3.8, 4) is 34.4 Å². The molecule has 2 aliphatic rings. The number of ether oxygens (including phenoxy) is 2. The first-order valence-electron chi connectivity index (χ1n) is 19.6. The number of carbonyl (C=O) groups excluding carboxylic acids is 1. The van der Waals surface area contributed by atoms with Crippen LogP contribution in [0.15, 0.2) is 86.0 Å². The Morgan fingerprint density at radius 3 is 1.68 bits per heavy atom. The lowest BCUT2D eigenvalue weighted by Gasteiger charge is -2.36. The molecule has 6 N–H and O–H groups in total. The Morgan fingerprint density at radius 1 is 0.729 bits per heavy atom. The van der Waals surface area contributed by atoms with Crippen LogP contribution in [0, 0.1) is 41.5 Å². The molecule has 310 valence electrons. The van der Waals surface area contributed by atoms with Crippen LogP contribution in [0.25, 0.3) is 11.4 Å². The molecular formula is C46H54N6O7. The Morgan fingerprint density at radius 2 is 1.20 bits per heavy atom.